The lowest BCUT2D eigenvalue weighted by Gasteiger charge is -2.31. The molecule has 1 aliphatic rings. The van der Waals surface area contributed by atoms with Gasteiger partial charge in [0.25, 0.3) is 0 Å². The number of para-hydroxylation sites is 1. The number of alkyl carbamates (subject to hydrolysis) is 1. The third kappa shape index (κ3) is 8.00. The van der Waals surface area contributed by atoms with E-state index in [1.165, 1.54) is 7.11 Å². The molecule has 5 aromatic rings. The summed E-state index contributed by atoms with van der Waals surface area (Å²) in [7, 11) is 1.29. The van der Waals surface area contributed by atoms with Crippen LogP contribution in [0.2, 0.25) is 0 Å². The highest BCUT2D eigenvalue weighted by Gasteiger charge is 2.33. The maximum Gasteiger partial charge on any atom is 0.407 e. The number of ether oxygens (including phenoxy) is 3. The first-order valence-electron chi connectivity index (χ1n) is 16.0. The largest absolute Gasteiger partial charge is 0.490 e. The van der Waals surface area contributed by atoms with Gasteiger partial charge in [-0.25, -0.2) is 4.79 Å². The molecule has 1 fully saturated rings. The molecule has 4 N–H and O–H groups in total. The van der Waals surface area contributed by atoms with Crippen molar-refractivity contribution >= 4 is 28.6 Å². The zero-order valence-electron chi connectivity index (χ0n) is 26.4. The van der Waals surface area contributed by atoms with Gasteiger partial charge in [0.1, 0.15) is 24.5 Å². The van der Waals surface area contributed by atoms with E-state index in [0.717, 1.165) is 46.3 Å². The van der Waals surface area contributed by atoms with Gasteiger partial charge in [-0.05, 0) is 53.8 Å². The zero-order chi connectivity index (χ0) is 32.4. The molecule has 6 rings (SSSR count). The normalized spacial score (nSPS) is 16.8. The third-order valence-electron chi connectivity index (χ3n) is 8.51. The van der Waals surface area contributed by atoms with Crippen molar-refractivity contribution in [3.8, 4) is 5.75 Å². The molecule has 1 saturated heterocycles. The fourth-order valence-electron chi connectivity index (χ4n) is 6.18. The van der Waals surface area contributed by atoms with E-state index in [1.807, 2.05) is 115 Å². The SMILES string of the molecule is COC(=O)N[C@H](C(=O)Nc1ccccc1CC[C@@H]1CNC[C@@H](COc2cccc3[nH]ccc23)O1)C(c1ccccc1)c1ccccc1. The first-order chi connectivity index (χ1) is 23.1. The fraction of sp³-hybridized carbons (Fsp3) is 0.263. The van der Waals surface area contributed by atoms with Gasteiger partial charge in [0, 0.05) is 41.8 Å². The van der Waals surface area contributed by atoms with Crippen molar-refractivity contribution in [3.63, 3.8) is 0 Å². The van der Waals surface area contributed by atoms with Crippen molar-refractivity contribution in [3.05, 3.63) is 132 Å². The first-order valence-corrected chi connectivity index (χ1v) is 16.0. The predicted octanol–water partition coefficient (Wildman–Crippen LogP) is 6.03. The van der Waals surface area contributed by atoms with E-state index in [0.29, 0.717) is 25.3 Å². The van der Waals surface area contributed by atoms with Crippen LogP contribution >= 0.6 is 0 Å². The molecule has 0 spiro atoms. The Hall–Kier alpha value is -5.12. The molecule has 2 heterocycles. The number of nitrogens with one attached hydrogen (secondary N) is 4. The number of benzene rings is 4. The number of fused-ring (bicyclic) bond motifs is 1. The summed E-state index contributed by atoms with van der Waals surface area (Å²) < 4.78 is 17.5. The van der Waals surface area contributed by atoms with Crippen molar-refractivity contribution in [2.45, 2.75) is 37.0 Å². The summed E-state index contributed by atoms with van der Waals surface area (Å²) in [6.07, 6.45) is 2.57. The minimum atomic E-state index is -0.941. The summed E-state index contributed by atoms with van der Waals surface area (Å²) in [5.74, 6) is 0.0421. The Balaban J connectivity index is 1.13. The molecular formula is C38H40N4O5. The van der Waals surface area contributed by atoms with Crippen LogP contribution < -0.4 is 20.7 Å². The molecule has 47 heavy (non-hydrogen) atoms. The molecular weight excluding hydrogens is 592 g/mol. The number of aromatic nitrogens is 1. The second-order valence-electron chi connectivity index (χ2n) is 11.6. The minimum absolute atomic E-state index is 0.0153. The van der Waals surface area contributed by atoms with E-state index in [1.54, 1.807) is 0 Å². The van der Waals surface area contributed by atoms with E-state index in [2.05, 4.69) is 20.9 Å². The molecule has 242 valence electrons. The van der Waals surface area contributed by atoms with E-state index < -0.39 is 18.1 Å². The lowest BCUT2D eigenvalue weighted by Crippen LogP contribution is -2.48. The maximum absolute atomic E-state index is 14.1. The number of carbonyl (C=O) groups is 2. The smallest absolute Gasteiger partial charge is 0.407 e. The van der Waals surface area contributed by atoms with Gasteiger partial charge in [0.05, 0.1) is 13.2 Å². The van der Waals surface area contributed by atoms with Gasteiger partial charge in [0.15, 0.2) is 0 Å². The van der Waals surface area contributed by atoms with E-state index in [9.17, 15) is 9.59 Å². The number of carbonyl (C=O) groups excluding carboxylic acids is 2. The van der Waals surface area contributed by atoms with Gasteiger partial charge in [0.2, 0.25) is 5.91 Å². The molecule has 4 aromatic carbocycles. The second-order valence-corrected chi connectivity index (χ2v) is 11.6. The number of aromatic amines is 1. The Labute approximate surface area is 274 Å². The van der Waals surface area contributed by atoms with Gasteiger partial charge < -0.3 is 35.1 Å². The van der Waals surface area contributed by atoms with Gasteiger partial charge in [-0.3, -0.25) is 4.79 Å². The predicted molar refractivity (Wildman–Crippen MR) is 183 cm³/mol. The third-order valence-corrected chi connectivity index (χ3v) is 8.51. The lowest BCUT2D eigenvalue weighted by atomic mass is 9.84. The summed E-state index contributed by atoms with van der Waals surface area (Å²) >= 11 is 0. The molecule has 0 bridgehead atoms. The van der Waals surface area contributed by atoms with Crippen LogP contribution in [0, 0.1) is 0 Å². The van der Waals surface area contributed by atoms with Crippen LogP contribution in [0.25, 0.3) is 10.9 Å². The number of morpholine rings is 1. The molecule has 0 aliphatic carbocycles. The maximum atomic E-state index is 14.1. The Morgan fingerprint density at radius 2 is 1.55 bits per heavy atom. The highest BCUT2D eigenvalue weighted by Crippen LogP contribution is 2.30. The quantitative estimate of drug-likeness (QED) is 0.134. The van der Waals surface area contributed by atoms with Crippen LogP contribution in [0.15, 0.2) is 115 Å². The Morgan fingerprint density at radius 3 is 2.30 bits per heavy atom. The number of methoxy groups -OCH3 is 1. The number of aryl methyl sites for hydroxylation is 1. The molecule has 9 nitrogen and oxygen atoms in total. The number of hydrogen-bond donors (Lipinski definition) is 4. The summed E-state index contributed by atoms with van der Waals surface area (Å²) in [4.78, 5) is 29.8. The topological polar surface area (TPSA) is 114 Å². The molecule has 0 radical (unpaired) electrons. The number of anilines is 1. The van der Waals surface area contributed by atoms with Crippen molar-refractivity contribution in [2.24, 2.45) is 0 Å². The first kappa shape index (κ1) is 31.8. The summed E-state index contributed by atoms with van der Waals surface area (Å²) in [6, 6.07) is 34.2. The number of rotatable bonds is 12. The van der Waals surface area contributed by atoms with Crippen LogP contribution in [0.4, 0.5) is 10.5 Å². The average molecular weight is 633 g/mol. The number of H-pyrrole nitrogens is 1. The molecule has 0 saturated carbocycles. The molecule has 9 heteroatoms. The average Bonchev–Trinajstić information content (AvgIpc) is 3.61. The van der Waals surface area contributed by atoms with E-state index in [4.69, 9.17) is 14.2 Å². The van der Waals surface area contributed by atoms with Crippen LogP contribution in [0.3, 0.4) is 0 Å². The van der Waals surface area contributed by atoms with Gasteiger partial charge in [-0.15, -0.1) is 0 Å². The Morgan fingerprint density at radius 1 is 0.851 bits per heavy atom. The molecule has 1 aliphatic heterocycles. The van der Waals surface area contributed by atoms with Crippen molar-refractivity contribution in [1.29, 1.82) is 0 Å². The van der Waals surface area contributed by atoms with Gasteiger partial charge in [-0.2, -0.15) is 0 Å². The molecule has 1 aromatic heterocycles. The van der Waals surface area contributed by atoms with E-state index >= 15 is 0 Å². The van der Waals surface area contributed by atoms with Crippen molar-refractivity contribution < 1.29 is 23.8 Å². The summed E-state index contributed by atoms with van der Waals surface area (Å²) in [5, 5.41) is 10.5. The second kappa shape index (κ2) is 15.4. The van der Waals surface area contributed by atoms with Crippen LogP contribution in [-0.2, 0) is 20.7 Å². The molecule has 2 amide bonds. The highest BCUT2D eigenvalue weighted by molar-refractivity contribution is 5.98. The monoisotopic (exact) mass is 632 g/mol. The molecule has 0 unspecified atom stereocenters. The zero-order valence-corrected chi connectivity index (χ0v) is 26.4. The number of amides is 2. The summed E-state index contributed by atoms with van der Waals surface area (Å²) in [5.41, 5.74) is 4.51. The lowest BCUT2D eigenvalue weighted by molar-refractivity contribution is -0.118. The standard InChI is InChI=1S/C38H40N4O5/c1-45-38(44)42-36(35(27-12-4-2-5-13-27)28-14-6-3-7-15-28)37(43)41-32-16-9-8-11-26(32)19-20-29-23-39-24-30(47-29)25-46-34-18-10-17-33-31(34)21-22-40-33/h2-18,21-22,29-30,35-36,39-40H,19-20,23-25H2,1H3,(H,41,43)(H,42,44)/t29-,30+,36+/m1/s1. The highest BCUT2D eigenvalue weighted by atomic mass is 16.5. The van der Waals surface area contributed by atoms with Crippen LogP contribution in [-0.4, -0.2) is 62.0 Å². The van der Waals surface area contributed by atoms with Gasteiger partial charge >= 0.3 is 6.09 Å². The molecule has 3 atom stereocenters. The Kier molecular flexibility index (Phi) is 10.5. The van der Waals surface area contributed by atoms with Crippen LogP contribution in [0.1, 0.15) is 29.0 Å². The fourth-order valence-corrected chi connectivity index (χ4v) is 6.18. The number of hydrogen-bond acceptors (Lipinski definition) is 6. The van der Waals surface area contributed by atoms with E-state index in [-0.39, 0.29) is 18.1 Å². The van der Waals surface area contributed by atoms with Crippen molar-refractivity contribution in [1.82, 2.24) is 15.6 Å². The van der Waals surface area contributed by atoms with Crippen LogP contribution in [0.5, 0.6) is 5.75 Å². The Bertz CT molecular complexity index is 1720. The van der Waals surface area contributed by atoms with Gasteiger partial charge in [-0.1, -0.05) is 84.9 Å². The van der Waals surface area contributed by atoms with Crippen molar-refractivity contribution in [2.75, 3.05) is 32.1 Å². The summed E-state index contributed by atoms with van der Waals surface area (Å²) in [6.45, 7) is 1.89. The minimum Gasteiger partial charge on any atom is -0.490 e.